The van der Waals surface area contributed by atoms with E-state index in [1.165, 1.54) is 4.90 Å². The molecule has 5 heteroatoms. The Balaban J connectivity index is 2.20. The van der Waals surface area contributed by atoms with Crippen LogP contribution in [0.25, 0.3) is 0 Å². The maximum atomic E-state index is 11.8. The summed E-state index contributed by atoms with van der Waals surface area (Å²) in [6.45, 7) is 2.38. The Morgan fingerprint density at radius 1 is 1.50 bits per heavy atom. The predicted octanol–water partition coefficient (Wildman–Crippen LogP) is 2.05. The molecule has 1 saturated heterocycles. The van der Waals surface area contributed by atoms with Gasteiger partial charge < -0.3 is 9.84 Å². The molecule has 1 aromatic carbocycles. The number of cyclic esters (lactones) is 1. The van der Waals surface area contributed by atoms with Gasteiger partial charge in [0.2, 0.25) is 6.10 Å². The van der Waals surface area contributed by atoms with Gasteiger partial charge in [0.15, 0.2) is 0 Å². The third-order valence-electron chi connectivity index (χ3n) is 3.02. The first-order chi connectivity index (χ1) is 8.63. The lowest BCUT2D eigenvalue weighted by Crippen LogP contribution is -2.45. The fourth-order valence-corrected chi connectivity index (χ4v) is 2.05. The van der Waals surface area contributed by atoms with Crippen molar-refractivity contribution >= 4 is 17.7 Å². The van der Waals surface area contributed by atoms with Crippen molar-refractivity contribution in [1.29, 1.82) is 0 Å². The van der Waals surface area contributed by atoms with E-state index in [-0.39, 0.29) is 0 Å². The minimum Gasteiger partial charge on any atom is -0.479 e. The molecule has 1 aromatic rings. The van der Waals surface area contributed by atoms with Crippen molar-refractivity contribution < 1.29 is 19.4 Å². The van der Waals surface area contributed by atoms with Crippen LogP contribution < -0.4 is 4.90 Å². The molecule has 5 nitrogen and oxygen atoms in total. The minimum absolute atomic E-state index is 0.305. The highest BCUT2D eigenvalue weighted by atomic mass is 16.6. The van der Waals surface area contributed by atoms with Crippen LogP contribution in [-0.2, 0) is 16.0 Å². The molecule has 0 bridgehead atoms. The highest BCUT2D eigenvalue weighted by Crippen LogP contribution is 2.25. The number of anilines is 1. The van der Waals surface area contributed by atoms with Crippen LogP contribution in [-0.4, -0.2) is 29.8 Å². The van der Waals surface area contributed by atoms with Crippen LogP contribution in [0.5, 0.6) is 0 Å². The van der Waals surface area contributed by atoms with Crippen LogP contribution in [0.1, 0.15) is 18.9 Å². The van der Waals surface area contributed by atoms with Crippen LogP contribution >= 0.6 is 0 Å². The first kappa shape index (κ1) is 12.4. The van der Waals surface area contributed by atoms with E-state index in [0.29, 0.717) is 13.0 Å². The van der Waals surface area contributed by atoms with Gasteiger partial charge >= 0.3 is 12.1 Å². The number of nitrogens with zero attached hydrogens (tertiary/aromatic N) is 1. The Morgan fingerprint density at radius 3 is 2.83 bits per heavy atom. The predicted molar refractivity (Wildman–Crippen MR) is 65.7 cm³/mol. The molecule has 0 saturated carbocycles. The number of para-hydroxylation sites is 1. The van der Waals surface area contributed by atoms with Crippen LogP contribution in [0.3, 0.4) is 0 Å². The number of ether oxygens (including phenoxy) is 1. The number of carboxylic acids is 1. The molecule has 1 aliphatic heterocycles. The lowest BCUT2D eigenvalue weighted by Gasteiger charge is -2.31. The summed E-state index contributed by atoms with van der Waals surface area (Å²) in [6.07, 6.45) is -0.501. The average molecular weight is 249 g/mol. The number of hydrogen-bond acceptors (Lipinski definition) is 3. The molecule has 2 rings (SSSR count). The molecule has 1 fully saturated rings. The molecule has 0 radical (unpaired) electrons. The zero-order valence-electron chi connectivity index (χ0n) is 10.1. The van der Waals surface area contributed by atoms with E-state index in [4.69, 9.17) is 9.84 Å². The van der Waals surface area contributed by atoms with Gasteiger partial charge in [0, 0.05) is 13.0 Å². The fourth-order valence-electron chi connectivity index (χ4n) is 2.05. The molecule has 1 unspecified atom stereocenters. The molecule has 1 heterocycles. The SMILES string of the molecule is CCc1ccccc1N1CCC(C(=O)O)OC1=O. The Bertz CT molecular complexity index is 472. The summed E-state index contributed by atoms with van der Waals surface area (Å²) in [5.41, 5.74) is 1.84. The van der Waals surface area contributed by atoms with Crippen molar-refractivity contribution in [3.05, 3.63) is 29.8 Å². The number of carboxylic acid groups (broad SMARTS) is 1. The Morgan fingerprint density at radius 2 is 2.22 bits per heavy atom. The monoisotopic (exact) mass is 249 g/mol. The van der Waals surface area contributed by atoms with Crippen molar-refractivity contribution in [1.82, 2.24) is 0 Å². The number of rotatable bonds is 3. The van der Waals surface area contributed by atoms with Crippen molar-refractivity contribution in [3.8, 4) is 0 Å². The zero-order chi connectivity index (χ0) is 13.1. The van der Waals surface area contributed by atoms with Crippen LogP contribution in [0.15, 0.2) is 24.3 Å². The lowest BCUT2D eigenvalue weighted by atomic mass is 10.1. The molecule has 0 aromatic heterocycles. The summed E-state index contributed by atoms with van der Waals surface area (Å²) in [7, 11) is 0. The van der Waals surface area contributed by atoms with Gasteiger partial charge in [0.25, 0.3) is 0 Å². The van der Waals surface area contributed by atoms with E-state index in [1.807, 2.05) is 31.2 Å². The summed E-state index contributed by atoms with van der Waals surface area (Å²) in [6, 6.07) is 7.57. The maximum absolute atomic E-state index is 11.8. The summed E-state index contributed by atoms with van der Waals surface area (Å²) >= 11 is 0. The quantitative estimate of drug-likeness (QED) is 0.890. The Labute approximate surface area is 105 Å². The van der Waals surface area contributed by atoms with Gasteiger partial charge in [-0.15, -0.1) is 0 Å². The van der Waals surface area contributed by atoms with E-state index in [2.05, 4.69) is 0 Å². The maximum Gasteiger partial charge on any atom is 0.415 e. The average Bonchev–Trinajstić information content (AvgIpc) is 2.38. The number of aryl methyl sites for hydroxylation is 1. The number of amides is 1. The summed E-state index contributed by atoms with van der Waals surface area (Å²) < 4.78 is 4.90. The van der Waals surface area contributed by atoms with E-state index < -0.39 is 18.2 Å². The molecule has 0 aliphatic carbocycles. The topological polar surface area (TPSA) is 66.8 Å². The molecule has 0 spiro atoms. The van der Waals surface area contributed by atoms with E-state index >= 15 is 0 Å². The molecule has 96 valence electrons. The van der Waals surface area contributed by atoms with E-state index in [9.17, 15) is 9.59 Å². The van der Waals surface area contributed by atoms with Gasteiger partial charge in [-0.25, -0.2) is 9.59 Å². The molecule has 18 heavy (non-hydrogen) atoms. The number of aliphatic carboxylic acids is 1. The van der Waals surface area contributed by atoms with Gasteiger partial charge in [-0.05, 0) is 18.1 Å². The highest BCUT2D eigenvalue weighted by molar-refractivity contribution is 5.91. The number of carbonyl (C=O) groups excluding carboxylic acids is 1. The van der Waals surface area contributed by atoms with Gasteiger partial charge in [0.05, 0.1) is 5.69 Å². The van der Waals surface area contributed by atoms with Crippen LogP contribution in [0.2, 0.25) is 0 Å². The zero-order valence-corrected chi connectivity index (χ0v) is 10.1. The van der Waals surface area contributed by atoms with Crippen LogP contribution in [0, 0.1) is 0 Å². The van der Waals surface area contributed by atoms with E-state index in [1.54, 1.807) is 0 Å². The van der Waals surface area contributed by atoms with E-state index in [0.717, 1.165) is 17.7 Å². The smallest absolute Gasteiger partial charge is 0.415 e. The summed E-state index contributed by atoms with van der Waals surface area (Å²) in [5, 5.41) is 8.82. The molecule has 1 N–H and O–H groups in total. The standard InChI is InChI=1S/C13H15NO4/c1-2-9-5-3-4-6-10(9)14-8-7-11(12(15)16)18-13(14)17/h3-6,11H,2,7-8H2,1H3,(H,15,16). The lowest BCUT2D eigenvalue weighted by molar-refractivity contribution is -0.147. The highest BCUT2D eigenvalue weighted by Gasteiger charge is 2.32. The number of benzene rings is 1. The van der Waals surface area contributed by atoms with Crippen molar-refractivity contribution in [3.63, 3.8) is 0 Å². The Kier molecular flexibility index (Phi) is 3.50. The van der Waals surface area contributed by atoms with Gasteiger partial charge in [-0.3, -0.25) is 4.90 Å². The summed E-state index contributed by atoms with van der Waals surface area (Å²) in [4.78, 5) is 24.1. The minimum atomic E-state index is -1.09. The normalized spacial score (nSPS) is 19.5. The Hall–Kier alpha value is -2.04. The summed E-state index contributed by atoms with van der Waals surface area (Å²) in [5.74, 6) is -1.09. The first-order valence-electron chi connectivity index (χ1n) is 5.92. The van der Waals surface area contributed by atoms with Crippen molar-refractivity contribution in [2.75, 3.05) is 11.4 Å². The second-order valence-corrected chi connectivity index (χ2v) is 4.13. The third-order valence-corrected chi connectivity index (χ3v) is 3.02. The largest absolute Gasteiger partial charge is 0.479 e. The number of hydrogen-bond donors (Lipinski definition) is 1. The molecular weight excluding hydrogens is 234 g/mol. The molecule has 1 atom stereocenters. The second kappa shape index (κ2) is 5.08. The molecular formula is C13H15NO4. The van der Waals surface area contributed by atoms with Gasteiger partial charge in [0.1, 0.15) is 0 Å². The van der Waals surface area contributed by atoms with Gasteiger partial charge in [-0.2, -0.15) is 0 Å². The first-order valence-corrected chi connectivity index (χ1v) is 5.92. The fraction of sp³-hybridized carbons (Fsp3) is 0.385. The van der Waals surface area contributed by atoms with Crippen molar-refractivity contribution in [2.24, 2.45) is 0 Å². The molecule has 1 aliphatic rings. The number of carbonyl (C=O) groups is 2. The third kappa shape index (κ3) is 2.30. The molecule has 1 amide bonds. The van der Waals surface area contributed by atoms with Crippen molar-refractivity contribution in [2.45, 2.75) is 25.9 Å². The van der Waals surface area contributed by atoms with Crippen LogP contribution in [0.4, 0.5) is 10.5 Å². The van der Waals surface area contributed by atoms with Gasteiger partial charge in [-0.1, -0.05) is 25.1 Å². The second-order valence-electron chi connectivity index (χ2n) is 4.13.